The maximum atomic E-state index is 13.0. The molecule has 3 nitrogen and oxygen atoms in total. The van der Waals surface area contributed by atoms with E-state index in [1.54, 1.807) is 0 Å². The van der Waals surface area contributed by atoms with E-state index in [4.69, 9.17) is 12.2 Å². The van der Waals surface area contributed by atoms with Crippen molar-refractivity contribution in [3.8, 4) is 0 Å². The molecule has 130 valence electrons. The average molecular weight is 381 g/mol. The highest BCUT2D eigenvalue weighted by Gasteiger charge is 2.33. The van der Waals surface area contributed by atoms with Crippen LogP contribution >= 0.6 is 23.6 Å². The van der Waals surface area contributed by atoms with Crippen LogP contribution in [0.5, 0.6) is 0 Å². The number of fused-ring (bicyclic) bond motifs is 1. The Balaban J connectivity index is 1.80. The first-order chi connectivity index (χ1) is 11.7. The van der Waals surface area contributed by atoms with Crippen LogP contribution in [0.1, 0.15) is 16.7 Å². The monoisotopic (exact) mass is 381 g/mol. The molecule has 0 spiro atoms. The fourth-order valence-corrected chi connectivity index (χ4v) is 3.54. The van der Waals surface area contributed by atoms with Crippen LogP contribution in [-0.4, -0.2) is 10.1 Å². The zero-order chi connectivity index (χ0) is 18.2. The van der Waals surface area contributed by atoms with Crippen LogP contribution < -0.4 is 10.6 Å². The second kappa shape index (κ2) is 6.61. The van der Waals surface area contributed by atoms with E-state index in [0.29, 0.717) is 5.13 Å². The number of anilines is 2. The fourth-order valence-electron chi connectivity index (χ4n) is 2.32. The van der Waals surface area contributed by atoms with Crippen LogP contribution in [0.25, 0.3) is 10.2 Å². The summed E-state index contributed by atoms with van der Waals surface area (Å²) in [5, 5.41) is 6.05. The molecule has 8 heteroatoms. The van der Waals surface area contributed by atoms with Crippen molar-refractivity contribution in [1.29, 1.82) is 0 Å². The predicted molar refractivity (Wildman–Crippen MR) is 100 cm³/mol. The summed E-state index contributed by atoms with van der Waals surface area (Å²) >= 11 is 6.53. The molecule has 25 heavy (non-hydrogen) atoms. The molecule has 1 heterocycles. The molecule has 0 atom stereocenters. The lowest BCUT2D eigenvalue weighted by atomic mass is 10.1. The third kappa shape index (κ3) is 3.91. The Morgan fingerprint density at radius 3 is 2.48 bits per heavy atom. The molecule has 0 radical (unpaired) electrons. The van der Waals surface area contributed by atoms with Gasteiger partial charge in [0.2, 0.25) is 0 Å². The number of aromatic nitrogens is 1. The Morgan fingerprint density at radius 2 is 1.76 bits per heavy atom. The molecule has 3 rings (SSSR count). The molecule has 0 saturated heterocycles. The lowest BCUT2D eigenvalue weighted by Gasteiger charge is -2.14. The third-order valence-corrected chi connectivity index (χ3v) is 4.84. The number of alkyl halides is 3. The highest BCUT2D eigenvalue weighted by Crippen LogP contribution is 2.35. The van der Waals surface area contributed by atoms with E-state index in [-0.39, 0.29) is 10.8 Å². The minimum Gasteiger partial charge on any atom is -0.332 e. The maximum absolute atomic E-state index is 13.0. The molecule has 0 aliphatic carbocycles. The highest BCUT2D eigenvalue weighted by molar-refractivity contribution is 7.80. The maximum Gasteiger partial charge on any atom is 0.418 e. The Morgan fingerprint density at radius 1 is 1.08 bits per heavy atom. The van der Waals surface area contributed by atoms with Crippen molar-refractivity contribution < 1.29 is 13.2 Å². The Kier molecular flexibility index (Phi) is 4.66. The van der Waals surface area contributed by atoms with Gasteiger partial charge in [0.05, 0.1) is 21.5 Å². The smallest absolute Gasteiger partial charge is 0.332 e. The summed E-state index contributed by atoms with van der Waals surface area (Å²) in [4.78, 5) is 4.43. The summed E-state index contributed by atoms with van der Waals surface area (Å²) in [5.74, 6) is 0. The van der Waals surface area contributed by atoms with Gasteiger partial charge in [-0.2, -0.15) is 13.2 Å². The standard InChI is InChI=1S/C17H14F3N3S2/c1-9-7-13-14(8-10(9)2)25-16(22-13)23-15(24)21-12-6-4-3-5-11(12)17(18,19)20/h3-8H,1-2H3,(H2,21,22,23,24). The van der Waals surface area contributed by atoms with Crippen LogP contribution in [0.15, 0.2) is 36.4 Å². The predicted octanol–water partition coefficient (Wildman–Crippen LogP) is 5.74. The van der Waals surface area contributed by atoms with Gasteiger partial charge < -0.3 is 10.6 Å². The highest BCUT2D eigenvalue weighted by atomic mass is 32.1. The molecular formula is C17H14F3N3S2. The van der Waals surface area contributed by atoms with Gasteiger partial charge in [0.15, 0.2) is 10.2 Å². The lowest BCUT2D eigenvalue weighted by molar-refractivity contribution is -0.136. The molecule has 0 amide bonds. The summed E-state index contributed by atoms with van der Waals surface area (Å²) < 4.78 is 40.1. The van der Waals surface area contributed by atoms with E-state index in [0.717, 1.165) is 27.4 Å². The molecule has 0 fully saturated rings. The molecule has 2 N–H and O–H groups in total. The number of halogens is 3. The van der Waals surface area contributed by atoms with Gasteiger partial charge in [0.25, 0.3) is 0 Å². The largest absolute Gasteiger partial charge is 0.418 e. The fraction of sp³-hybridized carbons (Fsp3) is 0.176. The van der Waals surface area contributed by atoms with Gasteiger partial charge in [-0.25, -0.2) is 4.98 Å². The number of thiazole rings is 1. The first kappa shape index (κ1) is 17.6. The van der Waals surface area contributed by atoms with Crippen LogP contribution in [0.2, 0.25) is 0 Å². The minimum atomic E-state index is -4.45. The number of thiocarbonyl (C=S) groups is 1. The van der Waals surface area contributed by atoms with Gasteiger partial charge in [-0.05, 0) is 61.5 Å². The molecule has 0 saturated carbocycles. The van der Waals surface area contributed by atoms with Gasteiger partial charge in [0, 0.05) is 0 Å². The summed E-state index contributed by atoms with van der Waals surface area (Å²) in [7, 11) is 0. The number of rotatable bonds is 2. The number of nitrogens with zero attached hydrogens (tertiary/aromatic N) is 1. The van der Waals surface area contributed by atoms with Crippen LogP contribution in [0.4, 0.5) is 24.0 Å². The third-order valence-electron chi connectivity index (χ3n) is 3.71. The van der Waals surface area contributed by atoms with E-state index in [2.05, 4.69) is 15.6 Å². The van der Waals surface area contributed by atoms with Crippen LogP contribution in [0, 0.1) is 13.8 Å². The second-order valence-electron chi connectivity index (χ2n) is 5.55. The van der Waals surface area contributed by atoms with Crippen molar-refractivity contribution in [2.75, 3.05) is 10.6 Å². The molecule has 3 aromatic rings. The lowest BCUT2D eigenvalue weighted by Crippen LogP contribution is -2.21. The number of benzene rings is 2. The number of hydrogen-bond acceptors (Lipinski definition) is 3. The van der Waals surface area contributed by atoms with Crippen molar-refractivity contribution in [2.45, 2.75) is 20.0 Å². The van der Waals surface area contributed by atoms with Gasteiger partial charge in [-0.15, -0.1) is 0 Å². The molecule has 0 unspecified atom stereocenters. The number of hydrogen-bond donors (Lipinski definition) is 2. The Labute approximate surface area is 151 Å². The molecule has 0 aliphatic rings. The number of aryl methyl sites for hydroxylation is 2. The van der Waals surface area contributed by atoms with Gasteiger partial charge in [0.1, 0.15) is 0 Å². The zero-order valence-corrected chi connectivity index (χ0v) is 15.0. The van der Waals surface area contributed by atoms with Crippen molar-refractivity contribution in [3.63, 3.8) is 0 Å². The van der Waals surface area contributed by atoms with E-state index in [9.17, 15) is 13.2 Å². The normalized spacial score (nSPS) is 11.6. The van der Waals surface area contributed by atoms with Crippen LogP contribution in [0.3, 0.4) is 0 Å². The van der Waals surface area contributed by atoms with Crippen molar-refractivity contribution in [2.24, 2.45) is 0 Å². The topological polar surface area (TPSA) is 37.0 Å². The van der Waals surface area contributed by atoms with Gasteiger partial charge in [-0.3, -0.25) is 0 Å². The summed E-state index contributed by atoms with van der Waals surface area (Å²) in [6.07, 6.45) is -4.45. The first-order valence-corrected chi connectivity index (χ1v) is 8.58. The summed E-state index contributed by atoms with van der Waals surface area (Å²) in [6, 6.07) is 9.20. The van der Waals surface area contributed by atoms with Gasteiger partial charge in [-0.1, -0.05) is 23.5 Å². The zero-order valence-electron chi connectivity index (χ0n) is 13.4. The van der Waals surface area contributed by atoms with Crippen LogP contribution in [-0.2, 0) is 6.18 Å². The number of nitrogens with one attached hydrogen (secondary N) is 2. The van der Waals surface area contributed by atoms with Crippen molar-refractivity contribution in [1.82, 2.24) is 4.98 Å². The quantitative estimate of drug-likeness (QED) is 0.555. The molecule has 2 aromatic carbocycles. The number of para-hydroxylation sites is 1. The van der Waals surface area contributed by atoms with E-state index in [1.165, 1.54) is 29.5 Å². The molecule has 1 aromatic heterocycles. The Bertz CT molecular complexity index is 909. The van der Waals surface area contributed by atoms with Crippen molar-refractivity contribution >= 4 is 49.7 Å². The van der Waals surface area contributed by atoms with E-state index >= 15 is 0 Å². The van der Waals surface area contributed by atoms with Gasteiger partial charge >= 0.3 is 6.18 Å². The summed E-state index contributed by atoms with van der Waals surface area (Å²) in [5.41, 5.74) is 2.25. The molecule has 0 aliphatic heterocycles. The van der Waals surface area contributed by atoms with Crippen molar-refractivity contribution in [3.05, 3.63) is 53.1 Å². The van der Waals surface area contributed by atoms with E-state index in [1.807, 2.05) is 26.0 Å². The minimum absolute atomic E-state index is 0.0594. The first-order valence-electron chi connectivity index (χ1n) is 7.36. The average Bonchev–Trinajstić information content (AvgIpc) is 2.88. The Hall–Kier alpha value is -2.19. The molecule has 0 bridgehead atoms. The second-order valence-corrected chi connectivity index (χ2v) is 6.98. The summed E-state index contributed by atoms with van der Waals surface area (Å²) in [6.45, 7) is 4.02. The van der Waals surface area contributed by atoms with E-state index < -0.39 is 11.7 Å². The molecular weight excluding hydrogens is 367 g/mol. The SMILES string of the molecule is Cc1cc2nc(NC(=S)Nc3ccccc3C(F)(F)F)sc2cc1C.